The summed E-state index contributed by atoms with van der Waals surface area (Å²) in [7, 11) is 0. The number of ether oxygens (including phenoxy) is 2. The van der Waals surface area contributed by atoms with Gasteiger partial charge in [0.15, 0.2) is 5.65 Å². The number of fused-ring (bicyclic) bond motifs is 1. The number of epoxide rings is 1. The zero-order valence-electron chi connectivity index (χ0n) is 10.4. The van der Waals surface area contributed by atoms with Gasteiger partial charge >= 0.3 is 0 Å². The zero-order valence-corrected chi connectivity index (χ0v) is 12.0. The first-order valence-corrected chi connectivity index (χ1v) is 7.35. The highest BCUT2D eigenvalue weighted by Crippen LogP contribution is 2.31. The van der Waals surface area contributed by atoms with Crippen LogP contribution in [0.15, 0.2) is 16.7 Å². The lowest BCUT2D eigenvalue weighted by atomic mass is 10.2. The maximum Gasteiger partial charge on any atom is 0.160 e. The number of nitrogens with zero attached hydrogens (tertiary/aromatic N) is 3. The van der Waals surface area contributed by atoms with Crippen LogP contribution < -0.4 is 0 Å². The maximum atomic E-state index is 5.78. The summed E-state index contributed by atoms with van der Waals surface area (Å²) in [6.07, 6.45) is 4.36. The first-order valence-electron chi connectivity index (χ1n) is 6.56. The van der Waals surface area contributed by atoms with Crippen molar-refractivity contribution >= 4 is 27.1 Å². The van der Waals surface area contributed by atoms with Crippen LogP contribution in [0.5, 0.6) is 0 Å². The van der Waals surface area contributed by atoms with Gasteiger partial charge < -0.3 is 14.0 Å². The number of imidazole rings is 1. The summed E-state index contributed by atoms with van der Waals surface area (Å²) in [5.74, 6) is 0.994. The van der Waals surface area contributed by atoms with Gasteiger partial charge in [0, 0.05) is 17.3 Å². The number of halogens is 1. The molecule has 0 radical (unpaired) electrons. The van der Waals surface area contributed by atoms with E-state index in [0.717, 1.165) is 54.1 Å². The second-order valence-electron chi connectivity index (χ2n) is 5.03. The summed E-state index contributed by atoms with van der Waals surface area (Å²) < 4.78 is 14.2. The molecule has 4 heterocycles. The Hall–Kier alpha value is -0.980. The van der Waals surface area contributed by atoms with Crippen LogP contribution in [0.3, 0.4) is 0 Å². The predicted octanol–water partition coefficient (Wildman–Crippen LogP) is 2.44. The van der Waals surface area contributed by atoms with Crippen molar-refractivity contribution in [1.82, 2.24) is 14.5 Å². The molecule has 19 heavy (non-hydrogen) atoms. The molecule has 0 bridgehead atoms. The Balaban J connectivity index is 1.83. The zero-order chi connectivity index (χ0) is 12.8. The molecule has 0 N–H and O–H groups in total. The molecule has 0 aliphatic carbocycles. The van der Waals surface area contributed by atoms with Crippen molar-refractivity contribution in [3.05, 3.63) is 22.6 Å². The summed E-state index contributed by atoms with van der Waals surface area (Å²) in [5, 5.41) is 0. The SMILES string of the molecule is Brc1cnc2c(c1)nc([C@H]1CCCO1)n2C[C@@H]1CO1. The molecule has 2 aliphatic heterocycles. The quantitative estimate of drug-likeness (QED) is 0.814. The van der Waals surface area contributed by atoms with E-state index in [1.807, 2.05) is 12.3 Å². The van der Waals surface area contributed by atoms with Gasteiger partial charge in [-0.05, 0) is 34.8 Å². The van der Waals surface area contributed by atoms with E-state index in [2.05, 4.69) is 25.5 Å². The van der Waals surface area contributed by atoms with E-state index >= 15 is 0 Å². The molecule has 6 heteroatoms. The minimum atomic E-state index is 0.103. The summed E-state index contributed by atoms with van der Waals surface area (Å²) in [6, 6.07) is 2.00. The summed E-state index contributed by atoms with van der Waals surface area (Å²) in [5.41, 5.74) is 1.84. The number of pyridine rings is 1. The van der Waals surface area contributed by atoms with Gasteiger partial charge in [-0.3, -0.25) is 0 Å². The number of aromatic nitrogens is 3. The molecule has 0 spiro atoms. The van der Waals surface area contributed by atoms with Crippen LogP contribution in [0.2, 0.25) is 0 Å². The summed E-state index contributed by atoms with van der Waals surface area (Å²) in [6.45, 7) is 2.48. The van der Waals surface area contributed by atoms with Gasteiger partial charge in [-0.1, -0.05) is 0 Å². The van der Waals surface area contributed by atoms with E-state index in [4.69, 9.17) is 14.5 Å². The molecule has 0 saturated carbocycles. The molecular weight excluding hydrogens is 310 g/mol. The fraction of sp³-hybridized carbons (Fsp3) is 0.538. The van der Waals surface area contributed by atoms with Crippen LogP contribution in [0.1, 0.15) is 24.8 Å². The van der Waals surface area contributed by atoms with Crippen molar-refractivity contribution in [3.63, 3.8) is 0 Å². The second kappa shape index (κ2) is 4.54. The van der Waals surface area contributed by atoms with Crippen LogP contribution in [0.4, 0.5) is 0 Å². The second-order valence-corrected chi connectivity index (χ2v) is 5.95. The molecule has 0 unspecified atom stereocenters. The third-order valence-electron chi connectivity index (χ3n) is 3.59. The lowest BCUT2D eigenvalue weighted by Crippen LogP contribution is -2.12. The molecule has 0 aromatic carbocycles. The van der Waals surface area contributed by atoms with E-state index < -0.39 is 0 Å². The Labute approximate surface area is 119 Å². The molecule has 2 fully saturated rings. The smallest absolute Gasteiger partial charge is 0.160 e. The first-order chi connectivity index (χ1) is 9.31. The average molecular weight is 324 g/mol. The van der Waals surface area contributed by atoms with Crippen LogP contribution >= 0.6 is 15.9 Å². The van der Waals surface area contributed by atoms with Gasteiger partial charge in [-0.2, -0.15) is 0 Å². The summed E-state index contributed by atoms with van der Waals surface area (Å²) in [4.78, 5) is 9.22. The van der Waals surface area contributed by atoms with E-state index in [9.17, 15) is 0 Å². The predicted molar refractivity (Wildman–Crippen MR) is 72.9 cm³/mol. The highest BCUT2D eigenvalue weighted by atomic mass is 79.9. The van der Waals surface area contributed by atoms with Gasteiger partial charge in [0.2, 0.25) is 0 Å². The monoisotopic (exact) mass is 323 g/mol. The Morgan fingerprint density at radius 2 is 2.32 bits per heavy atom. The van der Waals surface area contributed by atoms with E-state index in [1.54, 1.807) is 0 Å². The fourth-order valence-corrected chi connectivity index (χ4v) is 2.91. The molecule has 2 aliphatic rings. The van der Waals surface area contributed by atoms with Crippen molar-refractivity contribution in [1.29, 1.82) is 0 Å². The van der Waals surface area contributed by atoms with Crippen LogP contribution in [-0.2, 0) is 16.0 Å². The lowest BCUT2D eigenvalue weighted by Gasteiger charge is -2.11. The number of hydrogen-bond acceptors (Lipinski definition) is 4. The molecule has 2 aromatic rings. The fourth-order valence-electron chi connectivity index (χ4n) is 2.59. The van der Waals surface area contributed by atoms with Crippen molar-refractivity contribution in [3.8, 4) is 0 Å². The Morgan fingerprint density at radius 3 is 3.05 bits per heavy atom. The highest BCUT2D eigenvalue weighted by molar-refractivity contribution is 9.10. The molecular formula is C13H14BrN3O2. The molecule has 2 saturated heterocycles. The van der Waals surface area contributed by atoms with Crippen LogP contribution in [0, 0.1) is 0 Å². The Kier molecular flexibility index (Phi) is 2.82. The third kappa shape index (κ3) is 2.17. The highest BCUT2D eigenvalue weighted by Gasteiger charge is 2.29. The summed E-state index contributed by atoms with van der Waals surface area (Å²) >= 11 is 3.45. The van der Waals surface area contributed by atoms with Gasteiger partial charge in [-0.25, -0.2) is 9.97 Å². The minimum Gasteiger partial charge on any atom is -0.371 e. The van der Waals surface area contributed by atoms with Crippen molar-refractivity contribution in [2.75, 3.05) is 13.2 Å². The Morgan fingerprint density at radius 1 is 1.42 bits per heavy atom. The number of hydrogen-bond donors (Lipinski definition) is 0. The van der Waals surface area contributed by atoms with Gasteiger partial charge in [0.05, 0.1) is 19.3 Å². The standard InChI is InChI=1S/C13H14BrN3O2/c14-8-4-10-12(15-5-8)17(6-9-7-19-9)13(16-10)11-2-1-3-18-11/h4-5,9,11H,1-3,6-7H2/t9-,11-/m1/s1. The Bertz CT molecular complexity index is 618. The maximum absolute atomic E-state index is 5.78. The molecule has 2 aromatic heterocycles. The van der Waals surface area contributed by atoms with Crippen molar-refractivity contribution in [2.24, 2.45) is 0 Å². The van der Waals surface area contributed by atoms with Crippen molar-refractivity contribution in [2.45, 2.75) is 31.6 Å². The van der Waals surface area contributed by atoms with E-state index in [-0.39, 0.29) is 6.10 Å². The normalized spacial score (nSPS) is 26.2. The first kappa shape index (κ1) is 11.8. The minimum absolute atomic E-state index is 0.103. The third-order valence-corrected chi connectivity index (χ3v) is 4.02. The van der Waals surface area contributed by atoms with E-state index in [0.29, 0.717) is 6.10 Å². The lowest BCUT2D eigenvalue weighted by molar-refractivity contribution is 0.102. The average Bonchev–Trinajstić information content (AvgIpc) is 2.93. The van der Waals surface area contributed by atoms with Gasteiger partial charge in [-0.15, -0.1) is 0 Å². The van der Waals surface area contributed by atoms with E-state index in [1.165, 1.54) is 0 Å². The topological polar surface area (TPSA) is 52.5 Å². The molecule has 100 valence electrons. The molecule has 0 amide bonds. The van der Waals surface area contributed by atoms with Crippen molar-refractivity contribution < 1.29 is 9.47 Å². The number of rotatable bonds is 3. The molecule has 2 atom stereocenters. The molecule has 5 nitrogen and oxygen atoms in total. The van der Waals surface area contributed by atoms with Crippen LogP contribution in [0.25, 0.3) is 11.2 Å². The van der Waals surface area contributed by atoms with Gasteiger partial charge in [0.25, 0.3) is 0 Å². The van der Waals surface area contributed by atoms with Crippen LogP contribution in [-0.4, -0.2) is 33.9 Å². The largest absolute Gasteiger partial charge is 0.371 e. The molecule has 4 rings (SSSR count). The van der Waals surface area contributed by atoms with Gasteiger partial charge in [0.1, 0.15) is 17.4 Å².